The average Bonchev–Trinajstić information content (AvgIpc) is 2.99. The van der Waals surface area contributed by atoms with Crippen LogP contribution >= 0.6 is 0 Å². The van der Waals surface area contributed by atoms with Crippen LogP contribution in [-0.4, -0.2) is 42.3 Å². The van der Waals surface area contributed by atoms with Crippen LogP contribution in [0.1, 0.15) is 46.5 Å². The second kappa shape index (κ2) is 6.23. The van der Waals surface area contributed by atoms with Gasteiger partial charge in [-0.3, -0.25) is 0 Å². The Morgan fingerprint density at radius 2 is 2.23 bits per heavy atom. The molecule has 4 atom stereocenters. The number of carbonyl (C=O) groups excluding carboxylic acids is 1. The molecular weight excluding hydrogens is 276 g/mol. The fourth-order valence-corrected chi connectivity index (χ4v) is 3.98. The molecule has 4 unspecified atom stereocenters. The molecule has 3 rings (SSSR count). The molecule has 3 aliphatic rings. The van der Waals surface area contributed by atoms with Gasteiger partial charge in [0, 0.05) is 19.1 Å². The topological polar surface area (TPSA) is 41.6 Å². The molecule has 2 aliphatic carbocycles. The maximum Gasteiger partial charge on any atom is 0.410 e. The quantitative estimate of drug-likeness (QED) is 0.811. The SMILES string of the molecule is CC(C)(C)OC(=O)N1CCC(CCNC2CC3CC=CC32)C1. The van der Waals surface area contributed by atoms with Gasteiger partial charge >= 0.3 is 6.09 Å². The first-order valence-electron chi connectivity index (χ1n) is 8.80. The van der Waals surface area contributed by atoms with Crippen LogP contribution in [0.3, 0.4) is 0 Å². The minimum atomic E-state index is -0.397. The Morgan fingerprint density at radius 3 is 2.95 bits per heavy atom. The number of nitrogens with one attached hydrogen (secondary N) is 1. The van der Waals surface area contributed by atoms with Gasteiger partial charge in [0.05, 0.1) is 0 Å². The van der Waals surface area contributed by atoms with Crippen molar-refractivity contribution >= 4 is 6.09 Å². The van der Waals surface area contributed by atoms with E-state index >= 15 is 0 Å². The Bertz CT molecular complexity index is 441. The molecule has 1 saturated heterocycles. The Morgan fingerprint density at radius 1 is 1.41 bits per heavy atom. The van der Waals surface area contributed by atoms with E-state index in [1.54, 1.807) is 0 Å². The Hall–Kier alpha value is -1.03. The molecular formula is C18H30N2O2. The molecule has 4 heteroatoms. The van der Waals surface area contributed by atoms with Crippen molar-refractivity contribution in [3.8, 4) is 0 Å². The average molecular weight is 306 g/mol. The Labute approximate surface area is 134 Å². The van der Waals surface area contributed by atoms with Crippen LogP contribution in [0.2, 0.25) is 0 Å². The van der Waals surface area contributed by atoms with Gasteiger partial charge in [0.1, 0.15) is 5.60 Å². The van der Waals surface area contributed by atoms with Crippen molar-refractivity contribution in [1.29, 1.82) is 0 Å². The van der Waals surface area contributed by atoms with E-state index in [9.17, 15) is 4.79 Å². The van der Waals surface area contributed by atoms with Gasteiger partial charge in [0.25, 0.3) is 0 Å². The number of carbonyl (C=O) groups is 1. The lowest BCUT2D eigenvalue weighted by Gasteiger charge is -2.41. The standard InChI is InChI=1S/C18H30N2O2/c1-18(2,3)22-17(21)20-10-8-13(12-20)7-9-19-16-11-14-5-4-6-15(14)16/h4,6,13-16,19H,5,7-12H2,1-3H3. The number of amides is 1. The fraction of sp³-hybridized carbons (Fsp3) is 0.833. The second-order valence-electron chi connectivity index (χ2n) is 8.17. The fourth-order valence-electron chi connectivity index (χ4n) is 3.98. The molecule has 1 N–H and O–H groups in total. The maximum absolute atomic E-state index is 12.0. The number of rotatable bonds is 4. The summed E-state index contributed by atoms with van der Waals surface area (Å²) < 4.78 is 5.45. The number of nitrogens with zero attached hydrogens (tertiary/aromatic N) is 1. The summed E-state index contributed by atoms with van der Waals surface area (Å²) in [6.45, 7) is 8.54. The van der Waals surface area contributed by atoms with Crippen molar-refractivity contribution in [2.24, 2.45) is 17.8 Å². The summed E-state index contributed by atoms with van der Waals surface area (Å²) in [6, 6.07) is 0.701. The number of allylic oxidation sites excluding steroid dienone is 1. The highest BCUT2D eigenvalue weighted by Gasteiger charge is 2.40. The van der Waals surface area contributed by atoms with Crippen molar-refractivity contribution in [2.75, 3.05) is 19.6 Å². The highest BCUT2D eigenvalue weighted by Crippen LogP contribution is 2.42. The first kappa shape index (κ1) is 15.9. The minimum Gasteiger partial charge on any atom is -0.444 e. The van der Waals surface area contributed by atoms with E-state index in [-0.39, 0.29) is 6.09 Å². The predicted molar refractivity (Wildman–Crippen MR) is 87.7 cm³/mol. The lowest BCUT2D eigenvalue weighted by molar-refractivity contribution is 0.0287. The molecule has 2 fully saturated rings. The summed E-state index contributed by atoms with van der Waals surface area (Å²) in [5.74, 6) is 2.34. The normalized spacial score (nSPS) is 33.7. The molecule has 0 aromatic carbocycles. The van der Waals surface area contributed by atoms with Crippen molar-refractivity contribution in [3.63, 3.8) is 0 Å². The molecule has 0 spiro atoms. The summed E-state index contributed by atoms with van der Waals surface area (Å²) in [5.41, 5.74) is -0.397. The second-order valence-corrected chi connectivity index (χ2v) is 8.17. The summed E-state index contributed by atoms with van der Waals surface area (Å²) in [6.07, 6.45) is 9.48. The van der Waals surface area contributed by atoms with Crippen molar-refractivity contribution < 1.29 is 9.53 Å². The number of fused-ring (bicyclic) bond motifs is 1. The Balaban J connectivity index is 1.33. The number of likely N-dealkylation sites (tertiary alicyclic amines) is 1. The molecule has 0 radical (unpaired) electrons. The predicted octanol–water partition coefficient (Wildman–Crippen LogP) is 3.19. The molecule has 22 heavy (non-hydrogen) atoms. The minimum absolute atomic E-state index is 0.152. The van der Waals surface area contributed by atoms with Crippen LogP contribution in [-0.2, 0) is 4.74 Å². The third-order valence-electron chi connectivity index (χ3n) is 5.26. The zero-order valence-electron chi connectivity index (χ0n) is 14.2. The smallest absolute Gasteiger partial charge is 0.410 e. The van der Waals surface area contributed by atoms with E-state index in [1.165, 1.54) is 12.8 Å². The first-order valence-corrected chi connectivity index (χ1v) is 8.80. The lowest BCUT2D eigenvalue weighted by Crippen LogP contribution is -2.48. The Kier molecular flexibility index (Phi) is 4.49. The molecule has 0 bridgehead atoms. The van der Waals surface area contributed by atoms with Gasteiger partial charge in [-0.2, -0.15) is 0 Å². The number of ether oxygens (including phenoxy) is 1. The third-order valence-corrected chi connectivity index (χ3v) is 5.26. The summed E-state index contributed by atoms with van der Waals surface area (Å²) in [5, 5.41) is 3.71. The van der Waals surface area contributed by atoms with Crippen LogP contribution in [0, 0.1) is 17.8 Å². The van der Waals surface area contributed by atoms with Crippen LogP contribution in [0.25, 0.3) is 0 Å². The number of hydrogen-bond donors (Lipinski definition) is 1. The molecule has 1 saturated carbocycles. The molecule has 4 nitrogen and oxygen atoms in total. The van der Waals surface area contributed by atoms with Crippen LogP contribution in [0.5, 0.6) is 0 Å². The van der Waals surface area contributed by atoms with Gasteiger partial charge in [-0.05, 0) is 70.8 Å². The van der Waals surface area contributed by atoms with Crippen molar-refractivity contribution in [2.45, 2.75) is 58.1 Å². The summed E-state index contributed by atoms with van der Waals surface area (Å²) in [7, 11) is 0. The van der Waals surface area contributed by atoms with Crippen molar-refractivity contribution in [3.05, 3.63) is 12.2 Å². The maximum atomic E-state index is 12.0. The van der Waals surface area contributed by atoms with Gasteiger partial charge in [-0.25, -0.2) is 4.79 Å². The van der Waals surface area contributed by atoms with E-state index in [0.717, 1.165) is 44.3 Å². The van der Waals surface area contributed by atoms with Crippen LogP contribution in [0.4, 0.5) is 4.79 Å². The molecule has 1 heterocycles. The van der Waals surface area contributed by atoms with Gasteiger partial charge in [-0.15, -0.1) is 0 Å². The lowest BCUT2D eigenvalue weighted by atomic mass is 9.71. The number of hydrogen-bond acceptors (Lipinski definition) is 3. The monoisotopic (exact) mass is 306 g/mol. The zero-order valence-corrected chi connectivity index (χ0v) is 14.2. The first-order chi connectivity index (χ1) is 10.4. The van der Waals surface area contributed by atoms with Gasteiger partial charge in [-0.1, -0.05) is 12.2 Å². The van der Waals surface area contributed by atoms with Crippen LogP contribution < -0.4 is 5.32 Å². The van der Waals surface area contributed by atoms with E-state index in [1.807, 2.05) is 25.7 Å². The largest absolute Gasteiger partial charge is 0.444 e. The van der Waals surface area contributed by atoms with E-state index in [4.69, 9.17) is 4.74 Å². The highest BCUT2D eigenvalue weighted by atomic mass is 16.6. The van der Waals surface area contributed by atoms with Gasteiger partial charge in [0.2, 0.25) is 0 Å². The van der Waals surface area contributed by atoms with E-state index in [0.29, 0.717) is 12.0 Å². The van der Waals surface area contributed by atoms with E-state index < -0.39 is 5.60 Å². The van der Waals surface area contributed by atoms with E-state index in [2.05, 4.69) is 17.5 Å². The third kappa shape index (κ3) is 3.65. The molecule has 0 aromatic rings. The van der Waals surface area contributed by atoms with Gasteiger partial charge < -0.3 is 15.0 Å². The molecule has 1 amide bonds. The highest BCUT2D eigenvalue weighted by molar-refractivity contribution is 5.68. The molecule has 124 valence electrons. The zero-order chi connectivity index (χ0) is 15.7. The van der Waals surface area contributed by atoms with Crippen molar-refractivity contribution in [1.82, 2.24) is 10.2 Å². The summed E-state index contributed by atoms with van der Waals surface area (Å²) in [4.78, 5) is 13.9. The summed E-state index contributed by atoms with van der Waals surface area (Å²) >= 11 is 0. The molecule has 0 aromatic heterocycles. The van der Waals surface area contributed by atoms with Crippen LogP contribution in [0.15, 0.2) is 12.2 Å². The van der Waals surface area contributed by atoms with Gasteiger partial charge in [0.15, 0.2) is 0 Å². The molecule has 1 aliphatic heterocycles.